The van der Waals surface area contributed by atoms with Gasteiger partial charge in [0.15, 0.2) is 6.29 Å². The van der Waals surface area contributed by atoms with Gasteiger partial charge in [0, 0.05) is 5.54 Å². The fourth-order valence-corrected chi connectivity index (χ4v) is 1.36. The molecule has 5 heteroatoms. The Hall–Kier alpha value is -1.91. The lowest BCUT2D eigenvalue weighted by Crippen LogP contribution is -2.45. The summed E-state index contributed by atoms with van der Waals surface area (Å²) in [5, 5.41) is 9.12. The van der Waals surface area contributed by atoms with E-state index >= 15 is 0 Å². The third-order valence-corrected chi connectivity index (χ3v) is 1.97. The van der Waals surface area contributed by atoms with Crippen molar-refractivity contribution >= 4 is 18.2 Å². The molecule has 0 saturated carbocycles. The molecular formula is C11H14N2O3. The van der Waals surface area contributed by atoms with E-state index in [0.29, 0.717) is 6.29 Å². The van der Waals surface area contributed by atoms with Crippen LogP contribution in [0, 0.1) is 0 Å². The van der Waals surface area contributed by atoms with E-state index in [1.54, 1.807) is 32.9 Å². The Morgan fingerprint density at radius 2 is 2.06 bits per heavy atom. The lowest BCUT2D eigenvalue weighted by Gasteiger charge is -2.32. The lowest BCUT2D eigenvalue weighted by atomic mass is 10.1. The molecule has 5 nitrogen and oxygen atoms in total. The van der Waals surface area contributed by atoms with E-state index in [1.807, 2.05) is 0 Å². The predicted octanol–water partition coefficient (Wildman–Crippen LogP) is 2.18. The van der Waals surface area contributed by atoms with Crippen LogP contribution in [0.3, 0.4) is 0 Å². The SMILES string of the molecule is CC(C)(C)N(C(=O)O)c1cccc(C=O)n1. The topological polar surface area (TPSA) is 70.5 Å². The molecule has 1 amide bonds. The minimum atomic E-state index is -1.09. The van der Waals surface area contributed by atoms with Gasteiger partial charge in [0.2, 0.25) is 0 Å². The summed E-state index contributed by atoms with van der Waals surface area (Å²) in [5.41, 5.74) is -0.395. The fourth-order valence-electron chi connectivity index (χ4n) is 1.36. The number of pyridine rings is 1. The van der Waals surface area contributed by atoms with Gasteiger partial charge in [-0.05, 0) is 32.9 Å². The minimum absolute atomic E-state index is 0.216. The van der Waals surface area contributed by atoms with E-state index in [-0.39, 0.29) is 11.5 Å². The monoisotopic (exact) mass is 222 g/mol. The number of aldehydes is 1. The van der Waals surface area contributed by atoms with Crippen LogP contribution in [0.15, 0.2) is 18.2 Å². The second kappa shape index (κ2) is 4.30. The summed E-state index contributed by atoms with van der Waals surface area (Å²) < 4.78 is 0. The van der Waals surface area contributed by atoms with E-state index in [0.717, 1.165) is 4.90 Å². The largest absolute Gasteiger partial charge is 0.465 e. The van der Waals surface area contributed by atoms with Gasteiger partial charge in [-0.1, -0.05) is 6.07 Å². The number of carbonyl (C=O) groups is 2. The molecule has 0 aromatic carbocycles. The molecule has 16 heavy (non-hydrogen) atoms. The lowest BCUT2D eigenvalue weighted by molar-refractivity contribution is 0.111. The quantitative estimate of drug-likeness (QED) is 0.778. The van der Waals surface area contributed by atoms with Crippen LogP contribution in [-0.4, -0.2) is 28.0 Å². The molecule has 0 unspecified atom stereocenters. The molecule has 1 N–H and O–H groups in total. The van der Waals surface area contributed by atoms with Crippen molar-refractivity contribution < 1.29 is 14.7 Å². The van der Waals surface area contributed by atoms with E-state index in [1.165, 1.54) is 6.07 Å². The number of rotatable bonds is 2. The number of hydrogen-bond acceptors (Lipinski definition) is 3. The van der Waals surface area contributed by atoms with Crippen molar-refractivity contribution in [1.82, 2.24) is 4.98 Å². The average molecular weight is 222 g/mol. The van der Waals surface area contributed by atoms with Crippen LogP contribution in [0.1, 0.15) is 31.3 Å². The van der Waals surface area contributed by atoms with Gasteiger partial charge in [-0.25, -0.2) is 9.78 Å². The van der Waals surface area contributed by atoms with E-state index < -0.39 is 11.6 Å². The standard InChI is InChI=1S/C11H14N2O3/c1-11(2,3)13(10(15)16)9-6-4-5-8(7-14)12-9/h4-7H,1-3H3,(H,15,16). The van der Waals surface area contributed by atoms with Crippen LogP contribution >= 0.6 is 0 Å². The molecular weight excluding hydrogens is 208 g/mol. The zero-order valence-corrected chi connectivity index (χ0v) is 9.47. The van der Waals surface area contributed by atoms with Crippen LogP contribution < -0.4 is 4.90 Å². The van der Waals surface area contributed by atoms with Crippen molar-refractivity contribution in [3.05, 3.63) is 23.9 Å². The molecule has 1 heterocycles. The Bertz CT molecular complexity index is 410. The van der Waals surface area contributed by atoms with E-state index in [4.69, 9.17) is 5.11 Å². The van der Waals surface area contributed by atoms with Crippen LogP contribution in [0.2, 0.25) is 0 Å². The van der Waals surface area contributed by atoms with E-state index in [9.17, 15) is 9.59 Å². The highest BCUT2D eigenvalue weighted by Crippen LogP contribution is 2.21. The maximum Gasteiger partial charge on any atom is 0.413 e. The molecule has 1 aromatic heterocycles. The molecule has 0 atom stereocenters. The molecule has 0 aliphatic rings. The Balaban J connectivity index is 3.21. The number of nitrogens with zero attached hydrogens (tertiary/aromatic N) is 2. The molecule has 0 bridgehead atoms. The molecule has 86 valence electrons. The van der Waals surface area contributed by atoms with Gasteiger partial charge in [0.1, 0.15) is 11.5 Å². The van der Waals surface area contributed by atoms with Crippen LogP contribution in [0.5, 0.6) is 0 Å². The zero-order valence-electron chi connectivity index (χ0n) is 9.47. The van der Waals surface area contributed by atoms with Crippen molar-refractivity contribution in [3.8, 4) is 0 Å². The molecule has 0 spiro atoms. The van der Waals surface area contributed by atoms with Gasteiger partial charge in [-0.2, -0.15) is 0 Å². The first-order valence-electron chi connectivity index (χ1n) is 4.81. The Morgan fingerprint density at radius 1 is 1.44 bits per heavy atom. The Kier molecular flexibility index (Phi) is 3.27. The summed E-state index contributed by atoms with van der Waals surface area (Å²) in [7, 11) is 0. The summed E-state index contributed by atoms with van der Waals surface area (Å²) in [6.07, 6.45) is -0.505. The van der Waals surface area contributed by atoms with Crippen molar-refractivity contribution in [2.24, 2.45) is 0 Å². The molecule has 1 aromatic rings. The third-order valence-electron chi connectivity index (χ3n) is 1.97. The first kappa shape index (κ1) is 12.2. The third kappa shape index (κ3) is 2.56. The molecule has 0 fully saturated rings. The van der Waals surface area contributed by atoms with Gasteiger partial charge in [0.25, 0.3) is 0 Å². The minimum Gasteiger partial charge on any atom is -0.465 e. The van der Waals surface area contributed by atoms with Gasteiger partial charge in [-0.15, -0.1) is 0 Å². The Morgan fingerprint density at radius 3 is 2.50 bits per heavy atom. The van der Waals surface area contributed by atoms with Gasteiger partial charge < -0.3 is 5.11 Å². The van der Waals surface area contributed by atoms with Crippen molar-refractivity contribution in [2.75, 3.05) is 4.90 Å². The highest BCUT2D eigenvalue weighted by Gasteiger charge is 2.28. The summed E-state index contributed by atoms with van der Waals surface area (Å²) in [6, 6.07) is 4.69. The number of carboxylic acid groups (broad SMARTS) is 1. The molecule has 0 aliphatic heterocycles. The summed E-state index contributed by atoms with van der Waals surface area (Å²) in [5.74, 6) is 0.254. The summed E-state index contributed by atoms with van der Waals surface area (Å²) in [6.45, 7) is 5.28. The van der Waals surface area contributed by atoms with Crippen molar-refractivity contribution in [3.63, 3.8) is 0 Å². The predicted molar refractivity (Wildman–Crippen MR) is 59.9 cm³/mol. The van der Waals surface area contributed by atoms with E-state index in [2.05, 4.69) is 4.98 Å². The fraction of sp³-hybridized carbons (Fsp3) is 0.364. The van der Waals surface area contributed by atoms with Gasteiger partial charge in [0.05, 0.1) is 0 Å². The van der Waals surface area contributed by atoms with Crippen LogP contribution in [0.4, 0.5) is 10.6 Å². The maximum atomic E-state index is 11.1. The smallest absolute Gasteiger partial charge is 0.413 e. The second-order valence-electron chi connectivity index (χ2n) is 4.33. The van der Waals surface area contributed by atoms with Crippen LogP contribution in [0.25, 0.3) is 0 Å². The van der Waals surface area contributed by atoms with Crippen molar-refractivity contribution in [2.45, 2.75) is 26.3 Å². The second-order valence-corrected chi connectivity index (χ2v) is 4.33. The molecule has 1 rings (SSSR count). The number of hydrogen-bond donors (Lipinski definition) is 1. The van der Waals surface area contributed by atoms with Gasteiger partial charge in [-0.3, -0.25) is 9.69 Å². The average Bonchev–Trinajstić information content (AvgIpc) is 2.15. The first-order valence-corrected chi connectivity index (χ1v) is 4.81. The number of carbonyl (C=O) groups excluding carboxylic acids is 1. The Labute approximate surface area is 93.7 Å². The maximum absolute atomic E-state index is 11.1. The van der Waals surface area contributed by atoms with Gasteiger partial charge >= 0.3 is 6.09 Å². The zero-order chi connectivity index (χ0) is 12.3. The number of amides is 1. The molecule has 0 aliphatic carbocycles. The molecule has 0 saturated heterocycles. The van der Waals surface area contributed by atoms with Crippen molar-refractivity contribution in [1.29, 1.82) is 0 Å². The normalized spacial score (nSPS) is 10.9. The summed E-state index contributed by atoms with van der Waals surface area (Å²) >= 11 is 0. The first-order chi connectivity index (χ1) is 7.36. The van der Waals surface area contributed by atoms with Crippen LogP contribution in [-0.2, 0) is 0 Å². The highest BCUT2D eigenvalue weighted by atomic mass is 16.4. The highest BCUT2D eigenvalue weighted by molar-refractivity contribution is 5.86. The summed E-state index contributed by atoms with van der Waals surface area (Å²) in [4.78, 5) is 26.8. The number of aromatic nitrogens is 1. The number of anilines is 1. The molecule has 0 radical (unpaired) electrons.